The van der Waals surface area contributed by atoms with E-state index in [1.165, 1.54) is 0 Å². The number of fused-ring (bicyclic) bond motifs is 3. The summed E-state index contributed by atoms with van der Waals surface area (Å²) in [5.41, 5.74) is 6.61. The molecular formula is C35H42N8O2. The summed E-state index contributed by atoms with van der Waals surface area (Å²) in [7, 11) is 7.48. The number of likely N-dealkylation sites (tertiary alicyclic amines) is 1. The Kier molecular flexibility index (Phi) is 7.91. The van der Waals surface area contributed by atoms with E-state index in [2.05, 4.69) is 62.8 Å². The standard InChI is InChI=1S/C35H42N8O2/c1-21(43-28(19-36)17-27-18-31(27)43)20-37-14-13-35(33-38-34(45)40-39-33)29-11-9-23(22(2)41(3)4)15-24(29)7-8-25-16-26(10-12-30(25)35)32(44)42(5)6/h9-12,15-16,27-28,31,37H,1-2,7-8,13-14,17-18,20H2,3-6H3,(H2,38,39,40,45)/t27-,28?,31+,35?/m1/s1. The molecule has 2 unspecified atom stereocenters. The summed E-state index contributed by atoms with van der Waals surface area (Å²) in [5, 5.41) is 20.5. The van der Waals surface area contributed by atoms with Crippen LogP contribution in [-0.4, -0.2) is 89.2 Å². The number of nitrogens with one attached hydrogen (secondary N) is 3. The van der Waals surface area contributed by atoms with Gasteiger partial charge in [-0.05, 0) is 90.6 Å². The minimum absolute atomic E-state index is 0.0569. The first-order chi connectivity index (χ1) is 21.5. The predicted octanol–water partition coefficient (Wildman–Crippen LogP) is 3.24. The van der Waals surface area contributed by atoms with Crippen molar-refractivity contribution >= 4 is 11.6 Å². The number of aryl methyl sites for hydroxylation is 2. The van der Waals surface area contributed by atoms with Gasteiger partial charge in [-0.1, -0.05) is 31.4 Å². The molecule has 6 rings (SSSR count). The van der Waals surface area contributed by atoms with Gasteiger partial charge in [-0.15, -0.1) is 0 Å². The number of nitriles is 1. The lowest BCUT2D eigenvalue weighted by molar-refractivity contribution is 0.0827. The van der Waals surface area contributed by atoms with Crippen LogP contribution in [-0.2, 0) is 18.3 Å². The molecule has 1 aromatic heterocycles. The van der Waals surface area contributed by atoms with Gasteiger partial charge >= 0.3 is 5.69 Å². The second-order valence-electron chi connectivity index (χ2n) is 13.1. The Bertz CT molecular complexity index is 1690. The molecule has 0 spiro atoms. The van der Waals surface area contributed by atoms with Crippen LogP contribution in [0.5, 0.6) is 0 Å². The van der Waals surface area contributed by atoms with E-state index in [0.29, 0.717) is 42.9 Å². The van der Waals surface area contributed by atoms with Crippen LogP contribution in [0.4, 0.5) is 0 Å². The maximum absolute atomic E-state index is 13.0. The summed E-state index contributed by atoms with van der Waals surface area (Å²) in [5.74, 6) is 1.09. The van der Waals surface area contributed by atoms with Crippen molar-refractivity contribution in [2.75, 3.05) is 41.3 Å². The lowest BCUT2D eigenvalue weighted by Crippen LogP contribution is -2.39. The van der Waals surface area contributed by atoms with E-state index < -0.39 is 5.41 Å². The Balaban J connectivity index is 1.41. The van der Waals surface area contributed by atoms with Crippen LogP contribution in [0.2, 0.25) is 0 Å². The third kappa shape index (κ3) is 5.35. The lowest BCUT2D eigenvalue weighted by Gasteiger charge is -2.35. The molecule has 2 heterocycles. The fraction of sp³-hybridized carbons (Fsp3) is 0.429. The number of piperidine rings is 1. The summed E-state index contributed by atoms with van der Waals surface area (Å²) in [6.45, 7) is 9.79. The van der Waals surface area contributed by atoms with Gasteiger partial charge in [-0.3, -0.25) is 9.78 Å². The van der Waals surface area contributed by atoms with Gasteiger partial charge in [0.2, 0.25) is 0 Å². The molecular weight excluding hydrogens is 564 g/mol. The topological polar surface area (TPSA) is 124 Å². The number of benzene rings is 2. The van der Waals surface area contributed by atoms with Gasteiger partial charge in [0, 0.05) is 57.7 Å². The van der Waals surface area contributed by atoms with E-state index >= 15 is 0 Å². The second-order valence-corrected chi connectivity index (χ2v) is 13.1. The lowest BCUT2D eigenvalue weighted by atomic mass is 9.69. The van der Waals surface area contributed by atoms with Crippen molar-refractivity contribution < 1.29 is 4.79 Å². The van der Waals surface area contributed by atoms with E-state index in [-0.39, 0.29) is 17.6 Å². The molecule has 1 saturated heterocycles. The monoisotopic (exact) mass is 606 g/mol. The minimum atomic E-state index is -0.809. The Morgan fingerprint density at radius 2 is 1.73 bits per heavy atom. The summed E-state index contributed by atoms with van der Waals surface area (Å²) in [6.07, 6.45) is 4.13. The quantitative estimate of drug-likeness (QED) is 0.303. The van der Waals surface area contributed by atoms with Crippen molar-refractivity contribution in [2.45, 2.75) is 49.6 Å². The average molecular weight is 607 g/mol. The van der Waals surface area contributed by atoms with Crippen molar-refractivity contribution in [1.29, 1.82) is 5.26 Å². The van der Waals surface area contributed by atoms with Crippen molar-refractivity contribution in [3.05, 3.63) is 105 Å². The Morgan fingerprint density at radius 3 is 2.33 bits per heavy atom. The molecule has 10 heteroatoms. The zero-order valence-electron chi connectivity index (χ0n) is 26.6. The van der Waals surface area contributed by atoms with Crippen molar-refractivity contribution in [2.24, 2.45) is 5.92 Å². The number of aromatic nitrogens is 3. The predicted molar refractivity (Wildman–Crippen MR) is 174 cm³/mol. The van der Waals surface area contributed by atoms with Crippen LogP contribution in [0.15, 0.2) is 60.0 Å². The molecule has 2 aromatic carbocycles. The Labute approximate surface area is 264 Å². The first-order valence-corrected chi connectivity index (χ1v) is 15.6. The van der Waals surface area contributed by atoms with E-state index in [9.17, 15) is 14.9 Å². The Morgan fingerprint density at radius 1 is 1.07 bits per heavy atom. The third-order valence-corrected chi connectivity index (χ3v) is 9.85. The zero-order valence-corrected chi connectivity index (χ0v) is 26.6. The molecule has 2 fully saturated rings. The van der Waals surface area contributed by atoms with Gasteiger partial charge < -0.3 is 20.0 Å². The number of amides is 1. The number of carbonyl (C=O) groups excluding carboxylic acids is 1. The molecule has 0 radical (unpaired) electrons. The maximum atomic E-state index is 13.0. The first kappa shape index (κ1) is 30.4. The number of hydrogen-bond acceptors (Lipinski definition) is 7. The van der Waals surface area contributed by atoms with Crippen molar-refractivity contribution in [1.82, 2.24) is 35.2 Å². The smallest absolute Gasteiger partial charge is 0.340 e. The average Bonchev–Trinajstić information content (AvgIpc) is 3.52. The van der Waals surface area contributed by atoms with Gasteiger partial charge in [0.15, 0.2) is 0 Å². The molecule has 0 bridgehead atoms. The van der Waals surface area contributed by atoms with Gasteiger partial charge in [0.1, 0.15) is 11.9 Å². The van der Waals surface area contributed by atoms with Crippen LogP contribution >= 0.6 is 0 Å². The fourth-order valence-corrected chi connectivity index (χ4v) is 7.42. The number of rotatable bonds is 10. The van der Waals surface area contributed by atoms with Gasteiger partial charge in [-0.2, -0.15) is 10.4 Å². The van der Waals surface area contributed by atoms with E-state index in [4.69, 9.17) is 0 Å². The van der Waals surface area contributed by atoms with Crippen LogP contribution in [0.1, 0.15) is 63.3 Å². The molecule has 3 aromatic rings. The SMILES string of the molecule is C=C(c1ccc2c(c1)CCc1cc(C(=O)N(C)C)ccc1C2(CCNCC(=C)N1C(C#N)C[C@@H]2C[C@@H]21)c1n[nH]c(=O)[nH]1)N(C)C. The number of carbonyl (C=O) groups is 1. The van der Waals surface area contributed by atoms with Gasteiger partial charge in [0.25, 0.3) is 5.91 Å². The van der Waals surface area contributed by atoms with E-state index in [0.717, 1.165) is 64.9 Å². The van der Waals surface area contributed by atoms with Crippen LogP contribution in [0.3, 0.4) is 0 Å². The minimum Gasteiger partial charge on any atom is -0.378 e. The molecule has 1 amide bonds. The van der Waals surface area contributed by atoms with Crippen molar-refractivity contribution in [3.63, 3.8) is 0 Å². The third-order valence-electron chi connectivity index (χ3n) is 9.85. The highest BCUT2D eigenvalue weighted by atomic mass is 16.2. The second kappa shape index (κ2) is 11.7. The molecule has 1 saturated carbocycles. The highest BCUT2D eigenvalue weighted by Crippen LogP contribution is 2.49. The highest BCUT2D eigenvalue weighted by molar-refractivity contribution is 5.94. The van der Waals surface area contributed by atoms with Gasteiger partial charge in [-0.25, -0.2) is 9.89 Å². The van der Waals surface area contributed by atoms with Crippen LogP contribution < -0.4 is 11.0 Å². The maximum Gasteiger partial charge on any atom is 0.340 e. The van der Waals surface area contributed by atoms with Crippen LogP contribution in [0.25, 0.3) is 5.70 Å². The van der Waals surface area contributed by atoms with Crippen molar-refractivity contribution in [3.8, 4) is 6.07 Å². The molecule has 2 aliphatic carbocycles. The summed E-state index contributed by atoms with van der Waals surface area (Å²) in [4.78, 5) is 34.4. The number of hydrogen-bond donors (Lipinski definition) is 3. The largest absolute Gasteiger partial charge is 0.378 e. The molecule has 3 N–H and O–H groups in total. The van der Waals surface area contributed by atoms with E-state index in [1.807, 2.05) is 37.2 Å². The molecule has 3 aliphatic rings. The molecule has 4 atom stereocenters. The Hall–Kier alpha value is -4.62. The number of aromatic amines is 2. The van der Waals surface area contributed by atoms with E-state index in [1.54, 1.807) is 19.0 Å². The fourth-order valence-electron chi connectivity index (χ4n) is 7.42. The molecule has 234 valence electrons. The summed E-state index contributed by atoms with van der Waals surface area (Å²) >= 11 is 0. The summed E-state index contributed by atoms with van der Waals surface area (Å²) < 4.78 is 0. The first-order valence-electron chi connectivity index (χ1n) is 15.6. The van der Waals surface area contributed by atoms with Gasteiger partial charge in [0.05, 0.1) is 11.5 Å². The number of H-pyrrole nitrogens is 2. The molecule has 45 heavy (non-hydrogen) atoms. The normalized spacial score (nSPS) is 22.8. The molecule has 1 aliphatic heterocycles. The highest BCUT2D eigenvalue weighted by Gasteiger charge is 2.52. The zero-order chi connectivity index (χ0) is 32.0. The summed E-state index contributed by atoms with van der Waals surface area (Å²) in [6, 6.07) is 15.1. The van der Waals surface area contributed by atoms with Crippen LogP contribution in [0, 0.1) is 17.2 Å². The number of nitrogens with zero attached hydrogens (tertiary/aromatic N) is 5. The molecule has 10 nitrogen and oxygen atoms in total.